The van der Waals surface area contributed by atoms with Crippen molar-refractivity contribution < 1.29 is 12.8 Å². The average molecular weight is 373 g/mol. The molecule has 0 aliphatic rings. The fraction of sp³-hybridized carbons (Fsp3) is 0.133. The number of nitriles is 1. The summed E-state index contributed by atoms with van der Waals surface area (Å²) in [4.78, 5) is -0.153. The Morgan fingerprint density at radius 1 is 1.22 bits per heavy atom. The Morgan fingerprint density at radius 2 is 1.87 bits per heavy atom. The molecule has 120 valence electrons. The molecule has 0 spiro atoms. The Morgan fingerprint density at radius 3 is 2.52 bits per heavy atom. The van der Waals surface area contributed by atoms with Crippen molar-refractivity contribution in [1.82, 2.24) is 4.72 Å². The van der Waals surface area contributed by atoms with Crippen molar-refractivity contribution in [1.29, 1.82) is 5.26 Å². The minimum atomic E-state index is -3.98. The number of sulfonamides is 1. The molecule has 2 aromatic carbocycles. The van der Waals surface area contributed by atoms with Crippen LogP contribution in [0.5, 0.6) is 0 Å². The molecule has 0 saturated heterocycles. The smallest absolute Gasteiger partial charge is 0.207 e. The fourth-order valence-electron chi connectivity index (χ4n) is 2.02. The Labute approximate surface area is 143 Å². The second kappa shape index (κ2) is 6.85. The van der Waals surface area contributed by atoms with Crippen LogP contribution in [0.3, 0.4) is 0 Å². The minimum Gasteiger partial charge on any atom is -0.207 e. The maximum atomic E-state index is 13.6. The summed E-state index contributed by atoms with van der Waals surface area (Å²) < 4.78 is 40.8. The van der Waals surface area contributed by atoms with Crippen molar-refractivity contribution in [2.75, 3.05) is 0 Å². The van der Waals surface area contributed by atoms with E-state index in [9.17, 15) is 12.8 Å². The van der Waals surface area contributed by atoms with Gasteiger partial charge in [-0.05, 0) is 36.8 Å². The zero-order valence-corrected chi connectivity index (χ0v) is 14.2. The van der Waals surface area contributed by atoms with Gasteiger partial charge in [-0.2, -0.15) is 5.26 Å². The zero-order chi connectivity index (χ0) is 17.2. The Kier molecular flexibility index (Phi) is 5.27. The van der Waals surface area contributed by atoms with Gasteiger partial charge < -0.3 is 0 Å². The molecule has 0 saturated carbocycles. The van der Waals surface area contributed by atoms with Gasteiger partial charge in [0.15, 0.2) is 0 Å². The highest BCUT2D eigenvalue weighted by Crippen LogP contribution is 2.29. The molecule has 0 aromatic heterocycles. The number of nitrogens with one attached hydrogen (secondary N) is 1. The van der Waals surface area contributed by atoms with Crippen LogP contribution in [0.15, 0.2) is 41.3 Å². The molecule has 0 bridgehead atoms. The summed E-state index contributed by atoms with van der Waals surface area (Å²) in [7, 11) is -3.98. The lowest BCUT2D eigenvalue weighted by Gasteiger charge is -2.17. The monoisotopic (exact) mass is 372 g/mol. The first-order valence-corrected chi connectivity index (χ1v) is 8.66. The number of hydrogen-bond acceptors (Lipinski definition) is 3. The van der Waals surface area contributed by atoms with Gasteiger partial charge in [0.1, 0.15) is 11.9 Å². The van der Waals surface area contributed by atoms with Crippen molar-refractivity contribution >= 4 is 33.2 Å². The van der Waals surface area contributed by atoms with Crippen LogP contribution < -0.4 is 4.72 Å². The maximum Gasteiger partial charge on any atom is 0.242 e. The molecule has 2 rings (SSSR count). The first-order valence-electron chi connectivity index (χ1n) is 6.42. The molecule has 0 aliphatic heterocycles. The number of rotatable bonds is 4. The lowest BCUT2D eigenvalue weighted by Crippen LogP contribution is -2.27. The molecule has 0 heterocycles. The normalized spacial score (nSPS) is 12.7. The van der Waals surface area contributed by atoms with Gasteiger partial charge in [0, 0.05) is 11.1 Å². The standard InChI is InChI=1S/C15H11Cl2FN2O2S/c1-9(11-6-14(18)13(17)7-12(11)16)20-23(21,22)15-5-3-2-4-10(15)8-19/h2-7,9,20H,1H3/t9-/m0/s1. The van der Waals surface area contributed by atoms with E-state index in [2.05, 4.69) is 4.72 Å². The van der Waals surface area contributed by atoms with Crippen molar-refractivity contribution in [3.05, 3.63) is 63.4 Å². The van der Waals surface area contributed by atoms with Gasteiger partial charge in [-0.1, -0.05) is 35.3 Å². The lowest BCUT2D eigenvalue weighted by atomic mass is 10.1. The predicted molar refractivity (Wildman–Crippen MR) is 86.3 cm³/mol. The Balaban J connectivity index is 2.38. The fourth-order valence-corrected chi connectivity index (χ4v) is 3.95. The molecule has 0 radical (unpaired) electrons. The van der Waals surface area contributed by atoms with E-state index in [1.54, 1.807) is 6.07 Å². The van der Waals surface area contributed by atoms with E-state index in [0.29, 0.717) is 0 Å². The third-order valence-electron chi connectivity index (χ3n) is 3.14. The molecule has 0 amide bonds. The molecule has 1 N–H and O–H groups in total. The second-order valence-electron chi connectivity index (χ2n) is 4.74. The molecule has 0 aliphatic carbocycles. The van der Waals surface area contributed by atoms with Crippen molar-refractivity contribution in [2.45, 2.75) is 17.9 Å². The van der Waals surface area contributed by atoms with Crippen LogP contribution in [0.25, 0.3) is 0 Å². The molecule has 23 heavy (non-hydrogen) atoms. The topological polar surface area (TPSA) is 70.0 Å². The molecular weight excluding hydrogens is 362 g/mol. The van der Waals surface area contributed by atoms with Crippen LogP contribution >= 0.6 is 23.2 Å². The lowest BCUT2D eigenvalue weighted by molar-refractivity contribution is 0.564. The van der Waals surface area contributed by atoms with Gasteiger partial charge in [0.25, 0.3) is 0 Å². The van der Waals surface area contributed by atoms with Gasteiger partial charge >= 0.3 is 0 Å². The highest BCUT2D eigenvalue weighted by molar-refractivity contribution is 7.89. The van der Waals surface area contributed by atoms with Gasteiger partial charge in [-0.3, -0.25) is 0 Å². The van der Waals surface area contributed by atoms with Crippen LogP contribution in [0.4, 0.5) is 4.39 Å². The highest BCUT2D eigenvalue weighted by atomic mass is 35.5. The van der Waals surface area contributed by atoms with Gasteiger partial charge in [-0.15, -0.1) is 0 Å². The molecule has 2 aromatic rings. The van der Waals surface area contributed by atoms with Crippen molar-refractivity contribution in [3.8, 4) is 6.07 Å². The largest absolute Gasteiger partial charge is 0.242 e. The maximum absolute atomic E-state index is 13.6. The van der Waals surface area contributed by atoms with Crippen LogP contribution in [-0.4, -0.2) is 8.42 Å². The van der Waals surface area contributed by atoms with Crippen LogP contribution in [0.2, 0.25) is 10.0 Å². The summed E-state index contributed by atoms with van der Waals surface area (Å²) in [5.74, 6) is -0.700. The second-order valence-corrected chi connectivity index (χ2v) is 7.24. The molecular formula is C15H11Cl2FN2O2S. The van der Waals surface area contributed by atoms with Crippen molar-refractivity contribution in [3.63, 3.8) is 0 Å². The summed E-state index contributed by atoms with van der Waals surface area (Å²) in [6, 6.07) is 9.08. The number of benzene rings is 2. The quantitative estimate of drug-likeness (QED) is 0.823. The van der Waals surface area contributed by atoms with E-state index in [1.165, 1.54) is 31.2 Å². The first kappa shape index (κ1) is 17.7. The van der Waals surface area contributed by atoms with Gasteiger partial charge in [-0.25, -0.2) is 17.5 Å². The summed E-state index contributed by atoms with van der Waals surface area (Å²) in [6.45, 7) is 1.51. The summed E-state index contributed by atoms with van der Waals surface area (Å²) >= 11 is 11.6. The van der Waals surface area contributed by atoms with Crippen LogP contribution in [0.1, 0.15) is 24.1 Å². The average Bonchev–Trinajstić information content (AvgIpc) is 2.50. The first-order chi connectivity index (χ1) is 10.8. The Hall–Kier alpha value is -1.65. The van der Waals surface area contributed by atoms with E-state index in [-0.39, 0.29) is 26.1 Å². The van der Waals surface area contributed by atoms with E-state index >= 15 is 0 Å². The minimum absolute atomic E-state index is 0.0144. The van der Waals surface area contributed by atoms with E-state index in [0.717, 1.165) is 6.07 Å². The highest BCUT2D eigenvalue weighted by Gasteiger charge is 2.23. The summed E-state index contributed by atoms with van der Waals surface area (Å²) in [5.41, 5.74) is 0.257. The van der Waals surface area contributed by atoms with Crippen molar-refractivity contribution in [2.24, 2.45) is 0 Å². The van der Waals surface area contributed by atoms with Gasteiger partial charge in [0.2, 0.25) is 10.0 Å². The molecule has 1 atom stereocenters. The molecule has 4 nitrogen and oxygen atoms in total. The van der Waals surface area contributed by atoms with Crippen LogP contribution in [0, 0.1) is 17.1 Å². The SMILES string of the molecule is C[C@H](NS(=O)(=O)c1ccccc1C#N)c1cc(F)c(Cl)cc1Cl. The Bertz CT molecular complexity index is 895. The zero-order valence-electron chi connectivity index (χ0n) is 11.8. The summed E-state index contributed by atoms with van der Waals surface area (Å²) in [6.07, 6.45) is 0. The predicted octanol–water partition coefficient (Wildman–Crippen LogP) is 4.04. The van der Waals surface area contributed by atoms with Gasteiger partial charge in [0.05, 0.1) is 15.5 Å². The summed E-state index contributed by atoms with van der Waals surface area (Å²) in [5, 5.41) is 9.01. The number of nitrogens with zero attached hydrogens (tertiary/aromatic N) is 1. The molecule has 8 heteroatoms. The van der Waals surface area contributed by atoms with Crippen LogP contribution in [-0.2, 0) is 10.0 Å². The van der Waals surface area contributed by atoms with E-state index in [1.807, 2.05) is 6.07 Å². The van der Waals surface area contributed by atoms with E-state index < -0.39 is 21.9 Å². The van der Waals surface area contributed by atoms with E-state index in [4.69, 9.17) is 28.5 Å². The third kappa shape index (κ3) is 3.82. The molecule has 0 fully saturated rings. The third-order valence-corrected chi connectivity index (χ3v) is 5.35. The molecule has 0 unspecified atom stereocenters. The number of hydrogen-bond donors (Lipinski definition) is 1. The number of halogens is 3.